The summed E-state index contributed by atoms with van der Waals surface area (Å²) in [4.78, 5) is 4.23. The van der Waals surface area contributed by atoms with Gasteiger partial charge in [0.2, 0.25) is 0 Å². The topological polar surface area (TPSA) is 42.4 Å². The highest BCUT2D eigenvalue weighted by molar-refractivity contribution is 9.10. The molecular formula is C14H14BrNO2. The molecule has 1 aromatic carbocycles. The van der Waals surface area contributed by atoms with E-state index in [4.69, 9.17) is 9.84 Å². The summed E-state index contributed by atoms with van der Waals surface area (Å²) in [6.45, 7) is 0.612. The van der Waals surface area contributed by atoms with E-state index in [9.17, 15) is 0 Å². The number of pyridine rings is 1. The molecule has 2 aromatic rings. The van der Waals surface area contributed by atoms with Gasteiger partial charge in [0.25, 0.3) is 0 Å². The fourth-order valence-corrected chi connectivity index (χ4v) is 2.11. The first-order valence-corrected chi connectivity index (χ1v) is 6.51. The van der Waals surface area contributed by atoms with Crippen LogP contribution in [0, 0.1) is 0 Å². The SMILES string of the molecule is OCc1ccc(OCCc2ccccn2)c(Br)c1. The molecule has 0 fully saturated rings. The van der Waals surface area contributed by atoms with E-state index in [2.05, 4.69) is 20.9 Å². The summed E-state index contributed by atoms with van der Waals surface area (Å²) in [5.41, 5.74) is 1.87. The van der Waals surface area contributed by atoms with E-state index in [1.807, 2.05) is 36.4 Å². The normalized spacial score (nSPS) is 10.3. The number of rotatable bonds is 5. The molecule has 1 N–H and O–H groups in total. The van der Waals surface area contributed by atoms with Crippen LogP contribution in [-0.4, -0.2) is 16.7 Å². The second kappa shape index (κ2) is 6.52. The van der Waals surface area contributed by atoms with E-state index >= 15 is 0 Å². The molecule has 0 aliphatic rings. The van der Waals surface area contributed by atoms with Gasteiger partial charge in [0.15, 0.2) is 0 Å². The van der Waals surface area contributed by atoms with Crippen LogP contribution in [0.25, 0.3) is 0 Å². The van der Waals surface area contributed by atoms with Crippen LogP contribution in [0.4, 0.5) is 0 Å². The van der Waals surface area contributed by atoms with Gasteiger partial charge in [-0.25, -0.2) is 0 Å². The maximum atomic E-state index is 9.01. The highest BCUT2D eigenvalue weighted by Gasteiger charge is 2.02. The standard InChI is InChI=1S/C14H14BrNO2/c15-13-9-11(10-17)4-5-14(13)18-8-6-12-3-1-2-7-16-12/h1-5,7,9,17H,6,8,10H2. The second-order valence-electron chi connectivity index (χ2n) is 3.84. The van der Waals surface area contributed by atoms with Crippen molar-refractivity contribution in [2.45, 2.75) is 13.0 Å². The van der Waals surface area contributed by atoms with Crippen LogP contribution in [0.1, 0.15) is 11.3 Å². The number of hydrogen-bond acceptors (Lipinski definition) is 3. The largest absolute Gasteiger partial charge is 0.492 e. The maximum absolute atomic E-state index is 9.01. The van der Waals surface area contributed by atoms with Crippen molar-refractivity contribution in [3.05, 3.63) is 58.3 Å². The Kier molecular flexibility index (Phi) is 4.73. The van der Waals surface area contributed by atoms with Crippen molar-refractivity contribution in [1.29, 1.82) is 0 Å². The van der Waals surface area contributed by atoms with Crippen LogP contribution in [-0.2, 0) is 13.0 Å². The van der Waals surface area contributed by atoms with Crippen molar-refractivity contribution >= 4 is 15.9 Å². The lowest BCUT2D eigenvalue weighted by atomic mass is 10.2. The third-order valence-corrected chi connectivity index (χ3v) is 3.14. The third kappa shape index (κ3) is 3.55. The Labute approximate surface area is 115 Å². The van der Waals surface area contributed by atoms with Gasteiger partial charge in [0.05, 0.1) is 17.7 Å². The van der Waals surface area contributed by atoms with E-state index in [0.29, 0.717) is 6.61 Å². The van der Waals surface area contributed by atoms with Gasteiger partial charge in [-0.05, 0) is 45.8 Å². The first kappa shape index (κ1) is 13.1. The Bertz CT molecular complexity index is 502. The summed E-state index contributed by atoms with van der Waals surface area (Å²) in [5.74, 6) is 0.781. The number of aliphatic hydroxyl groups excluding tert-OH is 1. The van der Waals surface area contributed by atoms with Gasteiger partial charge in [0, 0.05) is 18.3 Å². The molecule has 1 aromatic heterocycles. The van der Waals surface area contributed by atoms with Crippen molar-refractivity contribution < 1.29 is 9.84 Å². The van der Waals surface area contributed by atoms with Gasteiger partial charge < -0.3 is 9.84 Å². The van der Waals surface area contributed by atoms with Gasteiger partial charge >= 0.3 is 0 Å². The number of aromatic nitrogens is 1. The number of ether oxygens (including phenoxy) is 1. The van der Waals surface area contributed by atoms with Crippen molar-refractivity contribution in [3.63, 3.8) is 0 Å². The molecule has 0 saturated carbocycles. The zero-order valence-electron chi connectivity index (χ0n) is 9.84. The molecule has 0 saturated heterocycles. The Balaban J connectivity index is 1.91. The van der Waals surface area contributed by atoms with Crippen LogP contribution < -0.4 is 4.74 Å². The zero-order valence-corrected chi connectivity index (χ0v) is 11.4. The fraction of sp³-hybridized carbons (Fsp3) is 0.214. The molecule has 0 atom stereocenters. The van der Waals surface area contributed by atoms with Crippen molar-refractivity contribution in [2.75, 3.05) is 6.61 Å². The molecule has 0 aliphatic carbocycles. The van der Waals surface area contributed by atoms with Crippen LogP contribution in [0.3, 0.4) is 0 Å². The lowest BCUT2D eigenvalue weighted by Crippen LogP contribution is -2.03. The van der Waals surface area contributed by atoms with Crippen molar-refractivity contribution in [2.24, 2.45) is 0 Å². The third-order valence-electron chi connectivity index (χ3n) is 2.52. The number of aliphatic hydroxyl groups is 1. The molecule has 3 nitrogen and oxygen atoms in total. The van der Waals surface area contributed by atoms with Crippen molar-refractivity contribution in [3.8, 4) is 5.75 Å². The van der Waals surface area contributed by atoms with E-state index in [1.165, 1.54) is 0 Å². The van der Waals surface area contributed by atoms with Gasteiger partial charge in [0.1, 0.15) is 5.75 Å². The van der Waals surface area contributed by atoms with E-state index < -0.39 is 0 Å². The number of nitrogens with zero attached hydrogens (tertiary/aromatic N) is 1. The van der Waals surface area contributed by atoms with Gasteiger partial charge in [-0.2, -0.15) is 0 Å². The molecule has 1 heterocycles. The minimum absolute atomic E-state index is 0.0345. The molecule has 4 heteroatoms. The maximum Gasteiger partial charge on any atom is 0.133 e. The van der Waals surface area contributed by atoms with Crippen LogP contribution in [0.2, 0.25) is 0 Å². The molecular weight excluding hydrogens is 294 g/mol. The van der Waals surface area contributed by atoms with Crippen LogP contribution in [0.15, 0.2) is 47.1 Å². The molecule has 0 aliphatic heterocycles. The number of hydrogen-bond donors (Lipinski definition) is 1. The van der Waals surface area contributed by atoms with E-state index in [0.717, 1.165) is 27.9 Å². The number of benzene rings is 1. The van der Waals surface area contributed by atoms with E-state index in [-0.39, 0.29) is 6.61 Å². The van der Waals surface area contributed by atoms with Crippen molar-refractivity contribution in [1.82, 2.24) is 4.98 Å². The molecule has 0 amide bonds. The summed E-state index contributed by atoms with van der Waals surface area (Å²) >= 11 is 3.42. The Morgan fingerprint density at radius 3 is 2.78 bits per heavy atom. The molecule has 18 heavy (non-hydrogen) atoms. The highest BCUT2D eigenvalue weighted by Crippen LogP contribution is 2.26. The minimum Gasteiger partial charge on any atom is -0.492 e. The lowest BCUT2D eigenvalue weighted by molar-refractivity contribution is 0.281. The average molecular weight is 308 g/mol. The smallest absolute Gasteiger partial charge is 0.133 e. The summed E-state index contributed by atoms with van der Waals surface area (Å²) < 4.78 is 6.53. The summed E-state index contributed by atoms with van der Waals surface area (Å²) in [6, 6.07) is 11.4. The quantitative estimate of drug-likeness (QED) is 0.923. The highest BCUT2D eigenvalue weighted by atomic mass is 79.9. The molecule has 94 valence electrons. The fourth-order valence-electron chi connectivity index (χ4n) is 1.57. The van der Waals surface area contributed by atoms with Crippen LogP contribution >= 0.6 is 15.9 Å². The zero-order chi connectivity index (χ0) is 12.8. The molecule has 2 rings (SSSR count). The monoisotopic (exact) mass is 307 g/mol. The minimum atomic E-state index is 0.0345. The van der Waals surface area contributed by atoms with E-state index in [1.54, 1.807) is 6.20 Å². The van der Waals surface area contributed by atoms with Gasteiger partial charge in [-0.15, -0.1) is 0 Å². The Hall–Kier alpha value is -1.39. The number of halogens is 1. The molecule has 0 spiro atoms. The first-order valence-electron chi connectivity index (χ1n) is 5.71. The average Bonchev–Trinajstić information content (AvgIpc) is 2.42. The predicted molar refractivity (Wildman–Crippen MR) is 73.5 cm³/mol. The Morgan fingerprint density at radius 1 is 1.22 bits per heavy atom. The second-order valence-corrected chi connectivity index (χ2v) is 4.70. The molecule has 0 radical (unpaired) electrons. The summed E-state index contributed by atoms with van der Waals surface area (Å²) in [5, 5.41) is 9.01. The summed E-state index contributed by atoms with van der Waals surface area (Å²) in [6.07, 6.45) is 2.55. The lowest BCUT2D eigenvalue weighted by Gasteiger charge is -2.08. The van der Waals surface area contributed by atoms with Crippen LogP contribution in [0.5, 0.6) is 5.75 Å². The molecule has 0 unspecified atom stereocenters. The summed E-state index contributed by atoms with van der Waals surface area (Å²) in [7, 11) is 0. The first-order chi connectivity index (χ1) is 8.79. The van der Waals surface area contributed by atoms with Gasteiger partial charge in [-0.3, -0.25) is 4.98 Å². The Morgan fingerprint density at radius 2 is 2.11 bits per heavy atom. The van der Waals surface area contributed by atoms with Gasteiger partial charge in [-0.1, -0.05) is 12.1 Å². The predicted octanol–water partition coefficient (Wildman–Crippen LogP) is 2.96. The molecule has 0 bridgehead atoms.